The van der Waals surface area contributed by atoms with Crippen LogP contribution in [-0.2, 0) is 4.79 Å². The van der Waals surface area contributed by atoms with Crippen molar-refractivity contribution in [2.75, 3.05) is 11.1 Å². The number of carbonyl (C=O) groups excluding carboxylic acids is 1. The summed E-state index contributed by atoms with van der Waals surface area (Å²) in [6, 6.07) is 10.6. The molecule has 0 fully saturated rings. The SMILES string of the molecule is Cc1ccc(-n2nnnc2SCC(=O)Nc2ccc(C)c(F)c2)c(C)c1. The number of nitrogens with one attached hydrogen (secondary N) is 1. The third-order valence-electron chi connectivity index (χ3n) is 3.81. The summed E-state index contributed by atoms with van der Waals surface area (Å²) in [5.41, 5.74) is 4.01. The molecule has 6 nitrogen and oxygen atoms in total. The smallest absolute Gasteiger partial charge is 0.234 e. The second-order valence-corrected chi connectivity index (χ2v) is 6.91. The quantitative estimate of drug-likeness (QED) is 0.696. The van der Waals surface area contributed by atoms with Crippen LogP contribution in [0.3, 0.4) is 0 Å². The van der Waals surface area contributed by atoms with E-state index in [1.165, 1.54) is 17.8 Å². The van der Waals surface area contributed by atoms with Gasteiger partial charge in [-0.3, -0.25) is 4.79 Å². The minimum Gasteiger partial charge on any atom is -0.325 e. The zero-order valence-corrected chi connectivity index (χ0v) is 15.5. The van der Waals surface area contributed by atoms with Gasteiger partial charge in [-0.2, -0.15) is 4.68 Å². The van der Waals surface area contributed by atoms with Crippen molar-refractivity contribution in [3.05, 3.63) is 58.9 Å². The maximum absolute atomic E-state index is 13.6. The molecule has 0 radical (unpaired) electrons. The molecule has 0 aliphatic heterocycles. The zero-order chi connectivity index (χ0) is 18.7. The number of aromatic nitrogens is 4. The van der Waals surface area contributed by atoms with Crippen molar-refractivity contribution in [3.8, 4) is 5.69 Å². The lowest BCUT2D eigenvalue weighted by atomic mass is 10.1. The molecule has 3 aromatic rings. The third-order valence-corrected chi connectivity index (χ3v) is 4.73. The summed E-state index contributed by atoms with van der Waals surface area (Å²) in [7, 11) is 0. The number of carbonyl (C=O) groups is 1. The number of hydrogen-bond acceptors (Lipinski definition) is 5. The molecule has 0 bridgehead atoms. The van der Waals surface area contributed by atoms with Gasteiger partial charge in [-0.1, -0.05) is 35.5 Å². The van der Waals surface area contributed by atoms with E-state index in [1.807, 2.05) is 32.0 Å². The molecule has 0 saturated carbocycles. The van der Waals surface area contributed by atoms with Crippen molar-refractivity contribution in [1.29, 1.82) is 0 Å². The Kier molecular flexibility index (Phi) is 5.32. The molecule has 0 atom stereocenters. The fourth-order valence-corrected chi connectivity index (χ4v) is 3.14. The highest BCUT2D eigenvalue weighted by atomic mass is 32.2. The summed E-state index contributed by atoms with van der Waals surface area (Å²) >= 11 is 1.22. The fourth-order valence-electron chi connectivity index (χ4n) is 2.46. The predicted octanol–water partition coefficient (Wildman–Crippen LogP) is 3.46. The topological polar surface area (TPSA) is 72.7 Å². The fraction of sp³-hybridized carbons (Fsp3) is 0.222. The molecule has 0 unspecified atom stereocenters. The summed E-state index contributed by atoms with van der Waals surface area (Å²) in [5, 5.41) is 14.9. The van der Waals surface area contributed by atoms with Crippen LogP contribution in [0.2, 0.25) is 0 Å². The Bertz CT molecular complexity index is 957. The number of thioether (sulfide) groups is 1. The number of tetrazole rings is 1. The van der Waals surface area contributed by atoms with Crippen LogP contribution in [0.15, 0.2) is 41.6 Å². The normalized spacial score (nSPS) is 10.8. The molecule has 3 rings (SSSR count). The van der Waals surface area contributed by atoms with E-state index in [9.17, 15) is 9.18 Å². The third kappa shape index (κ3) is 4.08. The van der Waals surface area contributed by atoms with Crippen molar-refractivity contribution in [1.82, 2.24) is 20.2 Å². The first-order valence-electron chi connectivity index (χ1n) is 7.99. The number of amides is 1. The van der Waals surface area contributed by atoms with Gasteiger partial charge in [0, 0.05) is 5.69 Å². The highest BCUT2D eigenvalue weighted by molar-refractivity contribution is 7.99. The number of hydrogen-bond donors (Lipinski definition) is 1. The maximum atomic E-state index is 13.6. The van der Waals surface area contributed by atoms with Crippen molar-refractivity contribution in [2.45, 2.75) is 25.9 Å². The number of nitrogens with zero attached hydrogens (tertiary/aromatic N) is 4. The first kappa shape index (κ1) is 18.1. The predicted molar refractivity (Wildman–Crippen MR) is 99.1 cm³/mol. The minimum atomic E-state index is -0.353. The molecular weight excluding hydrogens is 353 g/mol. The van der Waals surface area contributed by atoms with Crippen LogP contribution in [0, 0.1) is 26.6 Å². The van der Waals surface area contributed by atoms with E-state index in [1.54, 1.807) is 23.7 Å². The molecule has 0 spiro atoms. The highest BCUT2D eigenvalue weighted by Gasteiger charge is 2.13. The van der Waals surface area contributed by atoms with E-state index in [0.717, 1.165) is 16.8 Å². The highest BCUT2D eigenvalue weighted by Crippen LogP contribution is 2.22. The summed E-state index contributed by atoms with van der Waals surface area (Å²) in [6.07, 6.45) is 0. The molecule has 0 aliphatic rings. The summed E-state index contributed by atoms with van der Waals surface area (Å²) in [6.45, 7) is 5.67. The van der Waals surface area contributed by atoms with Crippen LogP contribution in [-0.4, -0.2) is 31.9 Å². The lowest BCUT2D eigenvalue weighted by Crippen LogP contribution is -2.15. The number of benzene rings is 2. The molecule has 1 amide bonds. The Morgan fingerprint density at radius 3 is 2.69 bits per heavy atom. The van der Waals surface area contributed by atoms with Gasteiger partial charge in [-0.15, -0.1) is 5.10 Å². The van der Waals surface area contributed by atoms with E-state index in [0.29, 0.717) is 16.4 Å². The standard InChI is InChI=1S/C18H18FN5OS/c1-11-4-7-16(13(3)8-11)24-18(21-22-23-24)26-10-17(25)20-14-6-5-12(2)15(19)9-14/h4-9H,10H2,1-3H3,(H,20,25). The lowest BCUT2D eigenvalue weighted by Gasteiger charge is -2.09. The lowest BCUT2D eigenvalue weighted by molar-refractivity contribution is -0.113. The van der Waals surface area contributed by atoms with Crippen molar-refractivity contribution in [2.24, 2.45) is 0 Å². The first-order valence-corrected chi connectivity index (χ1v) is 8.97. The van der Waals surface area contributed by atoms with Gasteiger partial charge in [0.2, 0.25) is 11.1 Å². The molecule has 1 N–H and O–H groups in total. The van der Waals surface area contributed by atoms with E-state index in [-0.39, 0.29) is 17.5 Å². The van der Waals surface area contributed by atoms with Crippen LogP contribution in [0.5, 0.6) is 0 Å². The van der Waals surface area contributed by atoms with Crippen LogP contribution in [0.25, 0.3) is 5.69 Å². The van der Waals surface area contributed by atoms with E-state index >= 15 is 0 Å². The number of aryl methyl sites for hydroxylation is 3. The molecule has 26 heavy (non-hydrogen) atoms. The Hall–Kier alpha value is -2.74. The Balaban J connectivity index is 1.68. The van der Waals surface area contributed by atoms with E-state index in [2.05, 4.69) is 20.8 Å². The number of halogens is 1. The Morgan fingerprint density at radius 2 is 1.96 bits per heavy atom. The summed E-state index contributed by atoms with van der Waals surface area (Å²) in [5.74, 6) is -0.497. The second kappa shape index (κ2) is 7.65. The molecule has 134 valence electrons. The van der Waals surface area contributed by atoms with Crippen molar-refractivity contribution < 1.29 is 9.18 Å². The first-order chi connectivity index (χ1) is 12.4. The van der Waals surface area contributed by atoms with E-state index in [4.69, 9.17) is 0 Å². The van der Waals surface area contributed by atoms with Gasteiger partial charge in [0.1, 0.15) is 5.82 Å². The van der Waals surface area contributed by atoms with Crippen LogP contribution < -0.4 is 5.32 Å². The average Bonchev–Trinajstić information content (AvgIpc) is 3.05. The molecule has 2 aromatic carbocycles. The minimum absolute atomic E-state index is 0.112. The van der Waals surface area contributed by atoms with Gasteiger partial charge >= 0.3 is 0 Å². The molecule has 1 heterocycles. The molecular formula is C18H18FN5OS. The van der Waals surface area contributed by atoms with Gasteiger partial charge in [0.25, 0.3) is 0 Å². The number of rotatable bonds is 5. The maximum Gasteiger partial charge on any atom is 0.234 e. The van der Waals surface area contributed by atoms with Gasteiger partial charge in [0.15, 0.2) is 0 Å². The molecule has 0 aliphatic carbocycles. The Labute approximate surface area is 154 Å². The summed E-state index contributed by atoms with van der Waals surface area (Å²) in [4.78, 5) is 12.1. The second-order valence-electron chi connectivity index (χ2n) is 5.96. The van der Waals surface area contributed by atoms with Gasteiger partial charge in [0.05, 0.1) is 11.4 Å². The monoisotopic (exact) mass is 371 g/mol. The number of anilines is 1. The van der Waals surface area contributed by atoms with Gasteiger partial charge in [-0.05, 0) is 60.5 Å². The molecule has 0 saturated heterocycles. The van der Waals surface area contributed by atoms with Crippen molar-refractivity contribution in [3.63, 3.8) is 0 Å². The molecule has 8 heteroatoms. The van der Waals surface area contributed by atoms with Gasteiger partial charge in [-0.25, -0.2) is 4.39 Å². The van der Waals surface area contributed by atoms with Gasteiger partial charge < -0.3 is 5.32 Å². The summed E-state index contributed by atoms with van der Waals surface area (Å²) < 4.78 is 15.2. The zero-order valence-electron chi connectivity index (χ0n) is 14.7. The average molecular weight is 371 g/mol. The molecule has 1 aromatic heterocycles. The van der Waals surface area contributed by atoms with E-state index < -0.39 is 0 Å². The Morgan fingerprint density at radius 1 is 1.15 bits per heavy atom. The van der Waals surface area contributed by atoms with Crippen LogP contribution in [0.1, 0.15) is 16.7 Å². The van der Waals surface area contributed by atoms with Crippen LogP contribution in [0.4, 0.5) is 10.1 Å². The van der Waals surface area contributed by atoms with Crippen LogP contribution >= 0.6 is 11.8 Å². The largest absolute Gasteiger partial charge is 0.325 e. The van der Waals surface area contributed by atoms with Crippen molar-refractivity contribution >= 4 is 23.4 Å².